The first-order valence-electron chi connectivity index (χ1n) is 7.40. The van der Waals surface area contributed by atoms with Crippen molar-refractivity contribution in [2.45, 2.75) is 9.92 Å². The van der Waals surface area contributed by atoms with E-state index in [0.29, 0.717) is 0 Å². The molecule has 0 aliphatic carbocycles. The van der Waals surface area contributed by atoms with Gasteiger partial charge in [-0.1, -0.05) is 64.1 Å². The van der Waals surface area contributed by atoms with Crippen LogP contribution in [0.4, 0.5) is 0 Å². The van der Waals surface area contributed by atoms with E-state index < -0.39 is 0 Å². The van der Waals surface area contributed by atoms with Gasteiger partial charge in [0.2, 0.25) is 0 Å². The largest absolute Gasteiger partial charge is 0.311 e. The Hall–Kier alpha value is -1.97. The number of halogens is 1. The molecule has 0 N–H and O–H groups in total. The van der Waals surface area contributed by atoms with Gasteiger partial charge < -0.3 is 4.40 Å². The van der Waals surface area contributed by atoms with Crippen molar-refractivity contribution in [3.8, 4) is 11.1 Å². The molecule has 1 nitrogen and oxygen atoms in total. The highest BCUT2D eigenvalue weighted by Gasteiger charge is 2.13. The minimum Gasteiger partial charge on any atom is -0.311 e. The quantitative estimate of drug-likeness (QED) is 0.392. The van der Waals surface area contributed by atoms with Crippen LogP contribution in [0.1, 0.15) is 0 Å². The molecule has 23 heavy (non-hydrogen) atoms. The Bertz CT molecular complexity index is 942. The zero-order chi connectivity index (χ0) is 15.6. The molecule has 0 saturated heterocycles. The molecule has 112 valence electrons. The first-order chi connectivity index (χ1) is 11.3. The summed E-state index contributed by atoms with van der Waals surface area (Å²) in [5.41, 5.74) is 3.73. The van der Waals surface area contributed by atoms with Gasteiger partial charge in [-0.3, -0.25) is 0 Å². The van der Waals surface area contributed by atoms with Gasteiger partial charge in [-0.15, -0.1) is 0 Å². The zero-order valence-electron chi connectivity index (χ0n) is 12.3. The van der Waals surface area contributed by atoms with Gasteiger partial charge in [0.25, 0.3) is 0 Å². The Morgan fingerprint density at radius 2 is 1.52 bits per heavy atom. The molecule has 0 radical (unpaired) electrons. The minimum absolute atomic E-state index is 1.10. The number of hydrogen-bond acceptors (Lipinski definition) is 1. The van der Waals surface area contributed by atoms with E-state index >= 15 is 0 Å². The average molecular weight is 380 g/mol. The second kappa shape index (κ2) is 6.26. The summed E-state index contributed by atoms with van der Waals surface area (Å²) in [7, 11) is 0. The second-order valence-corrected chi connectivity index (χ2v) is 7.26. The van der Waals surface area contributed by atoms with Gasteiger partial charge in [-0.05, 0) is 48.0 Å². The maximum absolute atomic E-state index is 3.50. The monoisotopic (exact) mass is 379 g/mol. The van der Waals surface area contributed by atoms with Crippen molar-refractivity contribution < 1.29 is 0 Å². The van der Waals surface area contributed by atoms with Crippen molar-refractivity contribution in [2.75, 3.05) is 0 Å². The molecule has 0 bridgehead atoms. The first kappa shape index (κ1) is 14.6. The van der Waals surface area contributed by atoms with Gasteiger partial charge in [0.05, 0.1) is 5.03 Å². The fourth-order valence-corrected chi connectivity index (χ4v) is 3.95. The third-order valence-electron chi connectivity index (χ3n) is 3.75. The molecule has 4 aromatic rings. The van der Waals surface area contributed by atoms with Gasteiger partial charge in [0.1, 0.15) is 0 Å². The average Bonchev–Trinajstić information content (AvgIpc) is 2.96. The molecule has 3 heteroatoms. The van der Waals surface area contributed by atoms with Crippen molar-refractivity contribution in [3.63, 3.8) is 0 Å². The van der Waals surface area contributed by atoms with Crippen LogP contribution in [0.15, 0.2) is 99.5 Å². The lowest BCUT2D eigenvalue weighted by atomic mass is 10.1. The molecule has 0 aliphatic rings. The Labute approximate surface area is 148 Å². The summed E-state index contributed by atoms with van der Waals surface area (Å²) >= 11 is 5.30. The molecule has 0 spiro atoms. The molecular formula is C20H14BrNS. The van der Waals surface area contributed by atoms with Crippen LogP contribution in [0, 0.1) is 0 Å². The zero-order valence-corrected chi connectivity index (χ0v) is 14.7. The van der Waals surface area contributed by atoms with Gasteiger partial charge in [-0.2, -0.15) is 0 Å². The Kier molecular flexibility index (Phi) is 3.98. The van der Waals surface area contributed by atoms with Crippen LogP contribution in [0.2, 0.25) is 0 Å². The Balaban J connectivity index is 1.87. The van der Waals surface area contributed by atoms with E-state index in [4.69, 9.17) is 0 Å². The van der Waals surface area contributed by atoms with Crippen LogP contribution < -0.4 is 0 Å². The number of pyridine rings is 1. The molecule has 0 amide bonds. The fraction of sp³-hybridized carbons (Fsp3) is 0. The highest BCUT2D eigenvalue weighted by Crippen LogP contribution is 2.38. The third kappa shape index (κ3) is 2.94. The summed E-state index contributed by atoms with van der Waals surface area (Å²) in [6, 6.07) is 27.6. The highest BCUT2D eigenvalue weighted by atomic mass is 79.9. The van der Waals surface area contributed by atoms with E-state index in [-0.39, 0.29) is 0 Å². The van der Waals surface area contributed by atoms with Crippen molar-refractivity contribution in [1.82, 2.24) is 4.40 Å². The Morgan fingerprint density at radius 3 is 2.30 bits per heavy atom. The van der Waals surface area contributed by atoms with E-state index in [2.05, 4.69) is 105 Å². The topological polar surface area (TPSA) is 4.41 Å². The molecule has 2 heterocycles. The van der Waals surface area contributed by atoms with E-state index in [1.54, 1.807) is 11.8 Å². The molecule has 0 aliphatic heterocycles. The standard InChI is InChI=1S/C20H14BrNS/c21-16-9-11-18(12-10-16)23-20-19(15-6-2-1-3-7-15)14-17-8-4-5-13-22(17)20/h1-14H. The molecule has 0 fully saturated rings. The second-order valence-electron chi connectivity index (χ2n) is 5.28. The van der Waals surface area contributed by atoms with Crippen molar-refractivity contribution >= 4 is 33.2 Å². The predicted octanol–water partition coefficient (Wildman–Crippen LogP) is 6.52. The first-order valence-corrected chi connectivity index (χ1v) is 9.01. The van der Waals surface area contributed by atoms with Crippen LogP contribution in [-0.4, -0.2) is 4.40 Å². The third-order valence-corrected chi connectivity index (χ3v) is 5.39. The predicted molar refractivity (Wildman–Crippen MR) is 101 cm³/mol. The minimum atomic E-state index is 1.10. The molecule has 0 saturated carbocycles. The maximum atomic E-state index is 3.50. The SMILES string of the molecule is Brc1ccc(Sc2c(-c3ccccc3)cc3ccccn23)cc1. The van der Waals surface area contributed by atoms with E-state index in [1.165, 1.54) is 26.6 Å². The fourth-order valence-electron chi connectivity index (χ4n) is 2.64. The van der Waals surface area contributed by atoms with Crippen LogP contribution in [0.3, 0.4) is 0 Å². The number of hydrogen-bond donors (Lipinski definition) is 0. The van der Waals surface area contributed by atoms with E-state index in [1.807, 2.05) is 0 Å². The summed E-state index contributed by atoms with van der Waals surface area (Å²) in [5.74, 6) is 0. The summed E-state index contributed by atoms with van der Waals surface area (Å²) in [6.45, 7) is 0. The summed E-state index contributed by atoms with van der Waals surface area (Å²) in [4.78, 5) is 1.23. The number of rotatable bonds is 3. The molecule has 2 aromatic heterocycles. The summed E-state index contributed by atoms with van der Waals surface area (Å²) in [5, 5.41) is 1.24. The highest BCUT2D eigenvalue weighted by molar-refractivity contribution is 9.10. The smallest absolute Gasteiger partial charge is 0.0922 e. The van der Waals surface area contributed by atoms with Crippen LogP contribution in [0.25, 0.3) is 16.6 Å². The number of fused-ring (bicyclic) bond motifs is 1. The number of nitrogens with zero attached hydrogens (tertiary/aromatic N) is 1. The lowest BCUT2D eigenvalue weighted by molar-refractivity contribution is 1.05. The van der Waals surface area contributed by atoms with E-state index in [9.17, 15) is 0 Å². The molecule has 4 rings (SSSR count). The van der Waals surface area contributed by atoms with Gasteiger partial charge in [0.15, 0.2) is 0 Å². The summed E-state index contributed by atoms with van der Waals surface area (Å²) in [6.07, 6.45) is 2.13. The van der Waals surface area contributed by atoms with Gasteiger partial charge in [-0.25, -0.2) is 0 Å². The normalized spacial score (nSPS) is 11.0. The van der Waals surface area contributed by atoms with E-state index in [0.717, 1.165) is 4.47 Å². The van der Waals surface area contributed by atoms with Crippen molar-refractivity contribution in [2.24, 2.45) is 0 Å². The van der Waals surface area contributed by atoms with Gasteiger partial charge in [0, 0.05) is 26.6 Å². The number of aromatic nitrogens is 1. The maximum Gasteiger partial charge on any atom is 0.0922 e. The van der Waals surface area contributed by atoms with Crippen LogP contribution in [0.5, 0.6) is 0 Å². The van der Waals surface area contributed by atoms with Crippen molar-refractivity contribution in [1.29, 1.82) is 0 Å². The number of benzene rings is 2. The van der Waals surface area contributed by atoms with Crippen LogP contribution >= 0.6 is 27.7 Å². The van der Waals surface area contributed by atoms with Crippen molar-refractivity contribution in [3.05, 3.63) is 89.5 Å². The lowest BCUT2D eigenvalue weighted by Crippen LogP contribution is -1.86. The Morgan fingerprint density at radius 1 is 0.783 bits per heavy atom. The molecule has 2 aromatic carbocycles. The molecule has 0 atom stereocenters. The van der Waals surface area contributed by atoms with Crippen LogP contribution in [-0.2, 0) is 0 Å². The molecule has 0 unspecified atom stereocenters. The van der Waals surface area contributed by atoms with Gasteiger partial charge >= 0.3 is 0 Å². The molecular weight excluding hydrogens is 366 g/mol. The summed E-state index contributed by atoms with van der Waals surface area (Å²) < 4.78 is 3.36. The lowest BCUT2D eigenvalue weighted by Gasteiger charge is -2.07.